The Hall–Kier alpha value is -4.09. The number of amides is 1. The lowest BCUT2D eigenvalue weighted by Crippen LogP contribution is -2.79. The van der Waals surface area contributed by atoms with E-state index < -0.39 is 63.3 Å². The second kappa shape index (κ2) is 9.20. The summed E-state index contributed by atoms with van der Waals surface area (Å²) < 4.78 is 0. The molecular weight excluding hydrogens is 540 g/mol. The Morgan fingerprint density at radius 2 is 1.67 bits per heavy atom. The topological polar surface area (TPSA) is 184 Å². The lowest BCUT2D eigenvalue weighted by Gasteiger charge is -2.61. The van der Waals surface area contributed by atoms with Crippen LogP contribution in [0.25, 0.3) is 11.1 Å². The van der Waals surface area contributed by atoms with E-state index in [9.17, 15) is 34.2 Å². The average Bonchev–Trinajstić information content (AvgIpc) is 2.85. The van der Waals surface area contributed by atoms with Crippen LogP contribution in [0.3, 0.4) is 0 Å². The molecule has 6 N–H and O–H groups in total. The molecule has 1 amide bonds. The number of carbonyl (C=O) groups is 5. The van der Waals surface area contributed by atoms with Crippen molar-refractivity contribution in [1.29, 1.82) is 0 Å². The number of hydrogen-bond donors (Lipinski definition) is 4. The maximum absolute atomic E-state index is 14.4. The standard InChI is InChI=1S/C31H36N4O7/c1-29-12-17-18(34(3)4)11-16(14-8-7-9-15(32)10-14)22(36)19(17)23(37)21(29)27(40)31(42)26(39)20(28(33)41)24(38)25(35(5)6)30(31,2)13-29/h7-11,20-21,25,36,42H,12-13,32H2,1-6H3,(H2,33,41)/t20?,21?,25-,29+,30+,31-/m1/s1. The molecule has 2 aromatic carbocycles. The molecule has 0 radical (unpaired) electrons. The summed E-state index contributed by atoms with van der Waals surface area (Å²) in [6.45, 7) is 3.21. The number of benzene rings is 2. The van der Waals surface area contributed by atoms with E-state index in [4.69, 9.17) is 11.5 Å². The molecule has 11 heteroatoms. The summed E-state index contributed by atoms with van der Waals surface area (Å²) in [6.07, 6.45) is 0.0602. The van der Waals surface area contributed by atoms with Crippen LogP contribution in [-0.4, -0.2) is 84.0 Å². The Morgan fingerprint density at radius 1 is 1.02 bits per heavy atom. The predicted molar refractivity (Wildman–Crippen MR) is 155 cm³/mol. The molecule has 0 heterocycles. The van der Waals surface area contributed by atoms with Crippen LogP contribution in [0.1, 0.15) is 36.2 Å². The Bertz CT molecular complexity index is 1600. The van der Waals surface area contributed by atoms with Crippen molar-refractivity contribution >= 4 is 40.4 Å². The number of fused-ring (bicyclic) bond motifs is 3. The van der Waals surface area contributed by atoms with Crippen molar-refractivity contribution in [2.75, 3.05) is 38.8 Å². The van der Waals surface area contributed by atoms with Gasteiger partial charge in [-0.05, 0) is 61.7 Å². The SMILES string of the molecule is CN(C)c1cc(-c2cccc(N)c2)c(O)c2c1C[C@@]1(C)C[C@@]3(C)[C@H](N(C)C)C(=O)C(C(N)=O)C(=O)[C@@]3(O)C(=O)C1C2=O. The van der Waals surface area contributed by atoms with E-state index in [1.165, 1.54) is 11.8 Å². The van der Waals surface area contributed by atoms with Crippen molar-refractivity contribution < 1.29 is 34.2 Å². The summed E-state index contributed by atoms with van der Waals surface area (Å²) in [5.74, 6) is -9.12. The summed E-state index contributed by atoms with van der Waals surface area (Å²) in [6, 6.07) is 7.33. The molecule has 11 nitrogen and oxygen atoms in total. The van der Waals surface area contributed by atoms with Crippen molar-refractivity contribution in [1.82, 2.24) is 4.90 Å². The Morgan fingerprint density at radius 3 is 2.21 bits per heavy atom. The Labute approximate surface area is 243 Å². The Balaban J connectivity index is 1.77. The monoisotopic (exact) mass is 576 g/mol. The molecule has 0 saturated heterocycles. The summed E-state index contributed by atoms with van der Waals surface area (Å²) in [4.78, 5) is 71.7. The number of nitrogen functional groups attached to an aromatic ring is 1. The van der Waals surface area contributed by atoms with Gasteiger partial charge in [0.25, 0.3) is 0 Å². The van der Waals surface area contributed by atoms with Gasteiger partial charge in [-0.25, -0.2) is 0 Å². The number of likely N-dealkylation sites (N-methyl/N-ethyl adjacent to an activating group) is 1. The van der Waals surface area contributed by atoms with Crippen molar-refractivity contribution in [3.05, 3.63) is 41.5 Å². The number of ketones is 4. The summed E-state index contributed by atoms with van der Waals surface area (Å²) in [5, 5.41) is 23.7. The molecule has 5 rings (SSSR count). The number of aliphatic hydroxyl groups is 1. The highest BCUT2D eigenvalue weighted by Crippen LogP contribution is 2.62. The second-order valence-electron chi connectivity index (χ2n) is 12.9. The normalized spacial score (nSPS) is 32.3. The van der Waals surface area contributed by atoms with Crippen molar-refractivity contribution in [3.8, 4) is 16.9 Å². The van der Waals surface area contributed by atoms with Crippen LogP contribution in [0.15, 0.2) is 30.3 Å². The number of nitrogens with zero attached hydrogens (tertiary/aromatic N) is 2. The van der Waals surface area contributed by atoms with Gasteiger partial charge >= 0.3 is 0 Å². The van der Waals surface area contributed by atoms with Crippen molar-refractivity contribution in [2.24, 2.45) is 28.4 Å². The largest absolute Gasteiger partial charge is 0.507 e. The highest BCUT2D eigenvalue weighted by molar-refractivity contribution is 6.33. The third-order valence-electron chi connectivity index (χ3n) is 9.64. The Kier molecular flexibility index (Phi) is 6.44. The number of aromatic hydroxyl groups is 1. The molecule has 3 aliphatic carbocycles. The lowest BCUT2D eigenvalue weighted by atomic mass is 9.42. The van der Waals surface area contributed by atoms with E-state index in [1.54, 1.807) is 65.4 Å². The molecule has 2 fully saturated rings. The number of phenols is 1. The second-order valence-corrected chi connectivity index (χ2v) is 12.9. The van der Waals surface area contributed by atoms with Gasteiger partial charge in [0.1, 0.15) is 5.75 Å². The third-order valence-corrected chi connectivity index (χ3v) is 9.64. The predicted octanol–water partition coefficient (Wildman–Crippen LogP) is 0.962. The van der Waals surface area contributed by atoms with E-state index in [2.05, 4.69) is 0 Å². The minimum absolute atomic E-state index is 0.0726. The minimum Gasteiger partial charge on any atom is -0.507 e. The average molecular weight is 577 g/mol. The first-order chi connectivity index (χ1) is 19.4. The van der Waals surface area contributed by atoms with Crippen LogP contribution < -0.4 is 16.4 Å². The molecule has 0 aromatic heterocycles. The fraction of sp³-hybridized carbons (Fsp3) is 0.452. The van der Waals surface area contributed by atoms with Crippen molar-refractivity contribution in [3.63, 3.8) is 0 Å². The first-order valence-electron chi connectivity index (χ1n) is 13.7. The highest BCUT2D eigenvalue weighted by atomic mass is 16.3. The van der Waals surface area contributed by atoms with Crippen molar-refractivity contribution in [2.45, 2.75) is 38.3 Å². The number of anilines is 2. The quantitative estimate of drug-likeness (QED) is 0.302. The molecule has 0 aliphatic heterocycles. The zero-order chi connectivity index (χ0) is 31.3. The zero-order valence-corrected chi connectivity index (χ0v) is 24.5. The third kappa shape index (κ3) is 3.62. The molecular formula is C31H36N4O7. The fourth-order valence-corrected chi connectivity index (χ4v) is 8.09. The van der Waals surface area contributed by atoms with E-state index in [0.717, 1.165) is 0 Å². The summed E-state index contributed by atoms with van der Waals surface area (Å²) >= 11 is 0. The molecule has 2 unspecified atom stereocenters. The number of nitrogens with two attached hydrogens (primary N) is 2. The minimum atomic E-state index is -2.85. The van der Waals surface area contributed by atoms with Crippen LogP contribution in [0.5, 0.6) is 5.75 Å². The van der Waals surface area contributed by atoms with Gasteiger partial charge in [0.2, 0.25) is 5.91 Å². The molecule has 6 atom stereocenters. The van der Waals surface area contributed by atoms with Gasteiger partial charge in [-0.15, -0.1) is 0 Å². The summed E-state index contributed by atoms with van der Waals surface area (Å²) in [5.41, 5.74) is 8.16. The van der Waals surface area contributed by atoms with E-state index >= 15 is 0 Å². The summed E-state index contributed by atoms with van der Waals surface area (Å²) in [7, 11) is 6.71. The number of hydrogen-bond acceptors (Lipinski definition) is 10. The van der Waals surface area contributed by atoms with Gasteiger partial charge in [-0.3, -0.25) is 28.9 Å². The van der Waals surface area contributed by atoms with Gasteiger partial charge in [0, 0.05) is 36.4 Å². The number of phenolic OH excluding ortho intramolecular Hbond substituents is 1. The molecule has 3 aliphatic rings. The maximum Gasteiger partial charge on any atom is 0.235 e. The first kappa shape index (κ1) is 29.4. The molecule has 2 aromatic rings. The van der Waals surface area contributed by atoms with Gasteiger partial charge in [0.15, 0.2) is 34.7 Å². The van der Waals surface area contributed by atoms with Crippen LogP contribution in [0.4, 0.5) is 11.4 Å². The number of carbonyl (C=O) groups excluding carboxylic acids is 5. The molecule has 0 bridgehead atoms. The highest BCUT2D eigenvalue weighted by Gasteiger charge is 2.76. The van der Waals surface area contributed by atoms with Crippen LogP contribution in [0.2, 0.25) is 0 Å². The van der Waals surface area contributed by atoms with Gasteiger partial charge in [-0.1, -0.05) is 26.0 Å². The molecule has 0 spiro atoms. The number of rotatable bonds is 4. The van der Waals surface area contributed by atoms with Crippen LogP contribution >= 0.6 is 0 Å². The van der Waals surface area contributed by atoms with Gasteiger partial charge in [0.05, 0.1) is 17.5 Å². The smallest absolute Gasteiger partial charge is 0.235 e. The first-order valence-corrected chi connectivity index (χ1v) is 13.7. The molecule has 222 valence electrons. The van der Waals surface area contributed by atoms with Gasteiger partial charge < -0.3 is 26.6 Å². The van der Waals surface area contributed by atoms with Crippen LogP contribution in [-0.2, 0) is 25.6 Å². The van der Waals surface area contributed by atoms with E-state index in [0.29, 0.717) is 28.1 Å². The molecule has 2 saturated carbocycles. The zero-order valence-electron chi connectivity index (χ0n) is 24.5. The number of primary amides is 1. The number of Topliss-reactive ketones (excluding diaryl/α,β-unsaturated/α-hetero) is 4. The van der Waals surface area contributed by atoms with E-state index in [1.807, 2.05) is 4.90 Å². The van der Waals surface area contributed by atoms with Gasteiger partial charge in [-0.2, -0.15) is 0 Å². The maximum atomic E-state index is 14.4. The fourth-order valence-electron chi connectivity index (χ4n) is 8.09. The van der Waals surface area contributed by atoms with Crippen LogP contribution in [0, 0.1) is 22.7 Å². The van der Waals surface area contributed by atoms with E-state index in [-0.39, 0.29) is 24.2 Å². The lowest BCUT2D eigenvalue weighted by molar-refractivity contribution is -0.203. The molecule has 42 heavy (non-hydrogen) atoms.